The lowest BCUT2D eigenvalue weighted by Crippen LogP contribution is -2.29. The molecule has 0 aromatic rings. The zero-order valence-corrected chi connectivity index (χ0v) is 30.5. The quantitative estimate of drug-likeness (QED) is 0.0569. The van der Waals surface area contributed by atoms with E-state index in [1.165, 1.54) is 141 Å². The van der Waals surface area contributed by atoms with E-state index in [1.54, 1.807) is 0 Å². The minimum Gasteiger partial charge on any atom is -0.446 e. The molecule has 0 aliphatic carbocycles. The average molecular weight is 628 g/mol. The normalized spacial score (nSPS) is 12.2. The summed E-state index contributed by atoms with van der Waals surface area (Å²) >= 11 is 0. The van der Waals surface area contributed by atoms with Gasteiger partial charge in [-0.3, -0.25) is 0 Å². The van der Waals surface area contributed by atoms with Gasteiger partial charge in [-0.1, -0.05) is 153 Å². The van der Waals surface area contributed by atoms with Crippen LogP contribution in [0.5, 0.6) is 0 Å². The van der Waals surface area contributed by atoms with Crippen LogP contribution in [0.3, 0.4) is 0 Å². The van der Waals surface area contributed by atoms with Crippen LogP contribution in [-0.2, 0) is 4.74 Å². The van der Waals surface area contributed by atoms with Gasteiger partial charge < -0.3 is 10.1 Å². The SMILES string of the molecule is CCCCC/C=C\C/C=C\CCCCCCCCC(CCCCCCCC/C=C\C/C=C\CCCCC)OC(=O)NCCCC. The van der Waals surface area contributed by atoms with Crippen LogP contribution in [-0.4, -0.2) is 18.7 Å². The summed E-state index contributed by atoms with van der Waals surface area (Å²) < 4.78 is 5.87. The van der Waals surface area contributed by atoms with Gasteiger partial charge in [0.05, 0.1) is 0 Å². The number of amides is 1. The molecule has 0 aromatic heterocycles. The van der Waals surface area contributed by atoms with Crippen LogP contribution in [0, 0.1) is 0 Å². The van der Waals surface area contributed by atoms with E-state index in [9.17, 15) is 4.79 Å². The van der Waals surface area contributed by atoms with Gasteiger partial charge >= 0.3 is 6.09 Å². The van der Waals surface area contributed by atoms with Gasteiger partial charge in [-0.25, -0.2) is 4.79 Å². The Balaban J connectivity index is 3.95. The average Bonchev–Trinajstić information content (AvgIpc) is 3.04. The fourth-order valence-corrected chi connectivity index (χ4v) is 5.54. The molecule has 0 bridgehead atoms. The van der Waals surface area contributed by atoms with Crippen molar-refractivity contribution in [3.63, 3.8) is 0 Å². The van der Waals surface area contributed by atoms with Gasteiger partial charge in [0, 0.05) is 6.54 Å². The number of unbranched alkanes of at least 4 members (excludes halogenated alkanes) is 19. The number of allylic oxidation sites excluding steroid dienone is 8. The van der Waals surface area contributed by atoms with E-state index in [-0.39, 0.29) is 12.2 Å². The molecule has 0 atom stereocenters. The van der Waals surface area contributed by atoms with Crippen LogP contribution in [0.1, 0.15) is 201 Å². The van der Waals surface area contributed by atoms with Crippen molar-refractivity contribution < 1.29 is 9.53 Å². The molecule has 0 aliphatic rings. The first-order chi connectivity index (χ1) is 22.2. The zero-order valence-electron chi connectivity index (χ0n) is 30.5. The van der Waals surface area contributed by atoms with Crippen molar-refractivity contribution >= 4 is 6.09 Å². The predicted octanol–water partition coefficient (Wildman–Crippen LogP) is 14.3. The standard InChI is InChI=1S/C42H77NO2/c1-4-7-10-12-14-16-18-20-22-24-26-28-30-32-34-36-38-41(45-42(44)43-40-9-6-3)39-37-35-33-31-29-27-25-23-21-19-17-15-13-11-8-5-2/h14-17,20-23,41H,4-13,18-19,24-40H2,1-3H3,(H,43,44)/b16-14-,17-15-,22-20-,23-21-. The van der Waals surface area contributed by atoms with Gasteiger partial charge in [0.2, 0.25) is 0 Å². The van der Waals surface area contributed by atoms with Gasteiger partial charge in [-0.05, 0) is 96.3 Å². The number of alkyl carbamates (subject to hydrolysis) is 1. The van der Waals surface area contributed by atoms with E-state index >= 15 is 0 Å². The highest BCUT2D eigenvalue weighted by Crippen LogP contribution is 2.18. The van der Waals surface area contributed by atoms with E-state index in [0.717, 1.165) is 45.1 Å². The number of nitrogens with one attached hydrogen (secondary N) is 1. The van der Waals surface area contributed by atoms with E-state index in [4.69, 9.17) is 4.74 Å². The number of carbonyl (C=O) groups excluding carboxylic acids is 1. The highest BCUT2D eigenvalue weighted by Gasteiger charge is 2.14. The fraction of sp³-hybridized carbons (Fsp3) is 0.786. The van der Waals surface area contributed by atoms with Gasteiger partial charge in [0.15, 0.2) is 0 Å². The minimum atomic E-state index is -0.214. The Kier molecular flexibility index (Phi) is 36.9. The molecule has 0 heterocycles. The van der Waals surface area contributed by atoms with E-state index in [1.807, 2.05) is 0 Å². The Morgan fingerprint density at radius 1 is 0.467 bits per heavy atom. The molecule has 0 saturated carbocycles. The van der Waals surface area contributed by atoms with Crippen LogP contribution >= 0.6 is 0 Å². The van der Waals surface area contributed by atoms with Crippen molar-refractivity contribution in [1.82, 2.24) is 5.32 Å². The highest BCUT2D eigenvalue weighted by atomic mass is 16.6. The summed E-state index contributed by atoms with van der Waals surface area (Å²) in [6.07, 6.45) is 53.0. The van der Waals surface area contributed by atoms with E-state index in [0.29, 0.717) is 0 Å². The molecule has 3 nitrogen and oxygen atoms in total. The molecule has 45 heavy (non-hydrogen) atoms. The van der Waals surface area contributed by atoms with Gasteiger partial charge in [-0.2, -0.15) is 0 Å². The Morgan fingerprint density at radius 3 is 1.22 bits per heavy atom. The number of rotatable bonds is 34. The molecule has 0 aromatic carbocycles. The first kappa shape index (κ1) is 43.2. The molecular formula is C42H77NO2. The smallest absolute Gasteiger partial charge is 0.407 e. The zero-order chi connectivity index (χ0) is 32.7. The Morgan fingerprint density at radius 2 is 0.822 bits per heavy atom. The molecule has 262 valence electrons. The van der Waals surface area contributed by atoms with Crippen LogP contribution in [0.15, 0.2) is 48.6 Å². The lowest BCUT2D eigenvalue weighted by molar-refractivity contribution is 0.0841. The highest BCUT2D eigenvalue weighted by molar-refractivity contribution is 5.67. The number of ether oxygens (including phenoxy) is 1. The third-order valence-electron chi connectivity index (χ3n) is 8.53. The summed E-state index contributed by atoms with van der Waals surface area (Å²) in [5, 5.41) is 2.95. The third kappa shape index (κ3) is 36.6. The lowest BCUT2D eigenvalue weighted by Gasteiger charge is -2.18. The molecular weight excluding hydrogens is 550 g/mol. The summed E-state index contributed by atoms with van der Waals surface area (Å²) in [4.78, 5) is 12.3. The second-order valence-corrected chi connectivity index (χ2v) is 13.1. The summed E-state index contributed by atoms with van der Waals surface area (Å²) in [5.41, 5.74) is 0. The predicted molar refractivity (Wildman–Crippen MR) is 201 cm³/mol. The van der Waals surface area contributed by atoms with Crippen molar-refractivity contribution in [2.45, 2.75) is 207 Å². The lowest BCUT2D eigenvalue weighted by atomic mass is 10.0. The van der Waals surface area contributed by atoms with Crippen molar-refractivity contribution in [3.05, 3.63) is 48.6 Å². The second kappa shape index (κ2) is 38.4. The van der Waals surface area contributed by atoms with Crippen molar-refractivity contribution in [3.8, 4) is 0 Å². The fourth-order valence-electron chi connectivity index (χ4n) is 5.54. The molecule has 1 N–H and O–H groups in total. The van der Waals surface area contributed by atoms with Crippen molar-refractivity contribution in [1.29, 1.82) is 0 Å². The molecule has 0 saturated heterocycles. The molecule has 0 rings (SSSR count). The molecule has 0 radical (unpaired) electrons. The first-order valence-electron chi connectivity index (χ1n) is 19.8. The van der Waals surface area contributed by atoms with Crippen LogP contribution in [0.4, 0.5) is 4.79 Å². The maximum Gasteiger partial charge on any atom is 0.407 e. The number of hydrogen-bond acceptors (Lipinski definition) is 2. The molecule has 1 amide bonds. The summed E-state index contributed by atoms with van der Waals surface area (Å²) in [6, 6.07) is 0. The third-order valence-corrected chi connectivity index (χ3v) is 8.53. The second-order valence-electron chi connectivity index (χ2n) is 13.1. The largest absolute Gasteiger partial charge is 0.446 e. The van der Waals surface area contributed by atoms with Crippen LogP contribution < -0.4 is 5.32 Å². The van der Waals surface area contributed by atoms with Gasteiger partial charge in [-0.15, -0.1) is 0 Å². The van der Waals surface area contributed by atoms with Crippen LogP contribution in [0.25, 0.3) is 0 Å². The molecule has 3 heteroatoms. The van der Waals surface area contributed by atoms with Gasteiger partial charge in [0.25, 0.3) is 0 Å². The monoisotopic (exact) mass is 628 g/mol. The van der Waals surface area contributed by atoms with E-state index < -0.39 is 0 Å². The minimum absolute atomic E-state index is 0.0725. The van der Waals surface area contributed by atoms with E-state index in [2.05, 4.69) is 74.7 Å². The first-order valence-corrected chi connectivity index (χ1v) is 19.8. The number of hydrogen-bond donors (Lipinski definition) is 1. The maximum atomic E-state index is 12.3. The molecule has 0 unspecified atom stereocenters. The topological polar surface area (TPSA) is 38.3 Å². The van der Waals surface area contributed by atoms with Crippen LogP contribution in [0.2, 0.25) is 0 Å². The van der Waals surface area contributed by atoms with Crippen molar-refractivity contribution in [2.24, 2.45) is 0 Å². The molecule has 0 fully saturated rings. The maximum absolute atomic E-state index is 12.3. The Labute approximate surface area is 282 Å². The summed E-state index contributed by atoms with van der Waals surface area (Å²) in [6.45, 7) is 7.39. The Hall–Kier alpha value is -1.77. The molecule has 0 aliphatic heterocycles. The van der Waals surface area contributed by atoms with Gasteiger partial charge in [0.1, 0.15) is 6.10 Å². The molecule has 0 spiro atoms. The number of carbonyl (C=O) groups is 1. The summed E-state index contributed by atoms with van der Waals surface area (Å²) in [7, 11) is 0. The van der Waals surface area contributed by atoms with Crippen molar-refractivity contribution in [2.75, 3.05) is 6.54 Å². The Bertz CT molecular complexity index is 659. The summed E-state index contributed by atoms with van der Waals surface area (Å²) in [5.74, 6) is 0.